The van der Waals surface area contributed by atoms with Gasteiger partial charge in [0.25, 0.3) is 0 Å². The molecule has 1 saturated heterocycles. The maximum atomic E-state index is 12.1. The Morgan fingerprint density at radius 1 is 1.60 bits per heavy atom. The highest BCUT2D eigenvalue weighted by atomic mass is 16.5. The molecule has 4 heteroatoms. The van der Waals surface area contributed by atoms with E-state index in [1.165, 1.54) is 0 Å². The third kappa shape index (κ3) is 1.24. The molecule has 1 aliphatic carbocycles. The normalized spacial score (nSPS) is 32.7. The number of Topliss-reactive ketones (excluding diaryl/α,β-unsaturated/α-hetero) is 1. The predicted octanol–water partition coefficient (Wildman–Crippen LogP) is 0.978. The molecule has 0 spiro atoms. The summed E-state index contributed by atoms with van der Waals surface area (Å²) in [6.07, 6.45) is 1.70. The Morgan fingerprint density at radius 3 is 3.00 bits per heavy atom. The van der Waals surface area contributed by atoms with Gasteiger partial charge in [0, 0.05) is 18.7 Å². The molecule has 2 unspecified atom stereocenters. The van der Waals surface area contributed by atoms with Gasteiger partial charge in [-0.05, 0) is 24.8 Å². The van der Waals surface area contributed by atoms with E-state index in [1.54, 1.807) is 10.9 Å². The smallest absolute Gasteiger partial charge is 0.184 e. The summed E-state index contributed by atoms with van der Waals surface area (Å²) in [5.41, 5.74) is 0.761. The Kier molecular flexibility index (Phi) is 1.92. The molecule has 2 aliphatic rings. The van der Waals surface area contributed by atoms with Crippen molar-refractivity contribution in [1.29, 1.82) is 0 Å². The number of ether oxygens (including phenoxy) is 1. The molecule has 1 saturated carbocycles. The molecule has 2 fully saturated rings. The molecule has 1 aromatic heterocycles. The van der Waals surface area contributed by atoms with Gasteiger partial charge in [-0.1, -0.05) is 0 Å². The van der Waals surface area contributed by atoms with Crippen LogP contribution in [0.15, 0.2) is 12.3 Å². The number of aryl methyl sites for hydroxylation is 1. The quantitative estimate of drug-likeness (QED) is 0.692. The Labute approximate surface area is 88.2 Å². The minimum Gasteiger partial charge on any atom is -0.381 e. The molecule has 3 rings (SSSR count). The molecule has 0 N–H and O–H groups in total. The fourth-order valence-electron chi connectivity index (χ4n) is 2.59. The molecular formula is C11H14N2O2. The van der Waals surface area contributed by atoms with Crippen molar-refractivity contribution in [2.45, 2.75) is 13.5 Å². The highest BCUT2D eigenvalue weighted by Crippen LogP contribution is 2.52. The monoisotopic (exact) mass is 206 g/mol. The molecule has 15 heavy (non-hydrogen) atoms. The minimum atomic E-state index is 0.209. The van der Waals surface area contributed by atoms with Crippen molar-refractivity contribution in [1.82, 2.24) is 9.78 Å². The average Bonchev–Trinajstić information content (AvgIpc) is 2.72. The zero-order valence-electron chi connectivity index (χ0n) is 8.72. The van der Waals surface area contributed by atoms with Crippen molar-refractivity contribution in [3.63, 3.8) is 0 Å². The second-order valence-corrected chi connectivity index (χ2v) is 4.29. The van der Waals surface area contributed by atoms with Crippen LogP contribution in [0, 0.1) is 17.8 Å². The molecule has 1 aliphatic heterocycles. The van der Waals surface area contributed by atoms with Gasteiger partial charge in [0.15, 0.2) is 5.78 Å². The highest BCUT2D eigenvalue weighted by Gasteiger charge is 2.58. The van der Waals surface area contributed by atoms with Crippen molar-refractivity contribution in [3.8, 4) is 0 Å². The Hall–Kier alpha value is -1.16. The van der Waals surface area contributed by atoms with Crippen molar-refractivity contribution >= 4 is 5.78 Å². The average molecular weight is 206 g/mol. The van der Waals surface area contributed by atoms with E-state index in [0.717, 1.165) is 25.5 Å². The Balaban J connectivity index is 1.81. The van der Waals surface area contributed by atoms with E-state index in [1.807, 2.05) is 13.0 Å². The molecule has 2 heterocycles. The fraction of sp³-hybridized carbons (Fsp3) is 0.636. The van der Waals surface area contributed by atoms with E-state index in [9.17, 15) is 4.79 Å². The van der Waals surface area contributed by atoms with E-state index in [2.05, 4.69) is 5.10 Å². The number of carbonyl (C=O) groups excluding carboxylic acids is 1. The van der Waals surface area contributed by atoms with Crippen LogP contribution in [0.2, 0.25) is 0 Å². The van der Waals surface area contributed by atoms with E-state index < -0.39 is 0 Å². The number of nitrogens with zero attached hydrogens (tertiary/aromatic N) is 2. The molecule has 80 valence electrons. The van der Waals surface area contributed by atoms with Crippen molar-refractivity contribution < 1.29 is 9.53 Å². The summed E-state index contributed by atoms with van der Waals surface area (Å²) in [5.74, 6) is 1.43. The zero-order chi connectivity index (χ0) is 10.4. The first-order valence-electron chi connectivity index (χ1n) is 5.46. The molecule has 2 atom stereocenters. The lowest BCUT2D eigenvalue weighted by molar-refractivity contribution is 0.0883. The number of carbonyl (C=O) groups is 1. The van der Waals surface area contributed by atoms with Gasteiger partial charge in [0.05, 0.1) is 13.2 Å². The van der Waals surface area contributed by atoms with Crippen molar-refractivity contribution in [3.05, 3.63) is 18.0 Å². The van der Waals surface area contributed by atoms with Gasteiger partial charge in [0.1, 0.15) is 5.69 Å². The Bertz CT molecular complexity index is 389. The van der Waals surface area contributed by atoms with Crippen LogP contribution in [0.3, 0.4) is 0 Å². The van der Waals surface area contributed by atoms with Crippen molar-refractivity contribution in [2.75, 3.05) is 13.2 Å². The topological polar surface area (TPSA) is 44.1 Å². The maximum absolute atomic E-state index is 12.1. The van der Waals surface area contributed by atoms with E-state index in [-0.39, 0.29) is 11.7 Å². The molecule has 4 nitrogen and oxygen atoms in total. The molecule has 0 aromatic carbocycles. The van der Waals surface area contributed by atoms with Gasteiger partial charge in [-0.2, -0.15) is 5.10 Å². The predicted molar refractivity (Wildman–Crippen MR) is 53.5 cm³/mol. The lowest BCUT2D eigenvalue weighted by atomic mass is 10.1. The lowest BCUT2D eigenvalue weighted by Crippen LogP contribution is -2.15. The second kappa shape index (κ2) is 3.17. The SMILES string of the molecule is CCn1nccc1C(=O)C1C2COCC21. The number of hydrogen-bond acceptors (Lipinski definition) is 3. The lowest BCUT2D eigenvalue weighted by Gasteiger charge is -2.05. The molecule has 1 aromatic rings. The number of aromatic nitrogens is 2. The van der Waals surface area contributed by atoms with E-state index in [0.29, 0.717) is 11.8 Å². The van der Waals surface area contributed by atoms with Crippen LogP contribution >= 0.6 is 0 Å². The summed E-state index contributed by atoms with van der Waals surface area (Å²) in [6, 6.07) is 1.82. The van der Waals surface area contributed by atoms with Gasteiger partial charge >= 0.3 is 0 Å². The van der Waals surface area contributed by atoms with Crippen LogP contribution in [0.25, 0.3) is 0 Å². The van der Waals surface area contributed by atoms with E-state index in [4.69, 9.17) is 4.74 Å². The molecule has 0 amide bonds. The summed E-state index contributed by atoms with van der Waals surface area (Å²) in [5, 5.41) is 4.12. The van der Waals surface area contributed by atoms with Crippen molar-refractivity contribution in [2.24, 2.45) is 17.8 Å². The first kappa shape index (κ1) is 9.09. The summed E-state index contributed by atoms with van der Waals surface area (Å²) in [7, 11) is 0. The van der Waals surface area contributed by atoms with Gasteiger partial charge < -0.3 is 4.74 Å². The van der Waals surface area contributed by atoms with Crippen LogP contribution in [0.1, 0.15) is 17.4 Å². The number of rotatable bonds is 3. The van der Waals surface area contributed by atoms with Gasteiger partial charge in [-0.25, -0.2) is 0 Å². The molecular weight excluding hydrogens is 192 g/mol. The number of hydrogen-bond donors (Lipinski definition) is 0. The summed E-state index contributed by atoms with van der Waals surface area (Å²) >= 11 is 0. The van der Waals surface area contributed by atoms with Crippen LogP contribution in [0.4, 0.5) is 0 Å². The summed E-state index contributed by atoms with van der Waals surface area (Å²) in [6.45, 7) is 4.29. The minimum absolute atomic E-state index is 0.209. The number of ketones is 1. The van der Waals surface area contributed by atoms with Gasteiger partial charge in [-0.3, -0.25) is 9.48 Å². The highest BCUT2D eigenvalue weighted by molar-refractivity contribution is 5.98. The van der Waals surface area contributed by atoms with Crippen LogP contribution in [0.5, 0.6) is 0 Å². The largest absolute Gasteiger partial charge is 0.381 e. The maximum Gasteiger partial charge on any atom is 0.184 e. The summed E-state index contributed by atoms with van der Waals surface area (Å²) in [4.78, 5) is 12.1. The number of fused-ring (bicyclic) bond motifs is 1. The first-order chi connectivity index (χ1) is 7.33. The molecule has 0 bridgehead atoms. The third-order valence-electron chi connectivity index (χ3n) is 3.52. The molecule has 0 radical (unpaired) electrons. The summed E-state index contributed by atoms with van der Waals surface area (Å²) < 4.78 is 7.06. The Morgan fingerprint density at radius 2 is 2.33 bits per heavy atom. The van der Waals surface area contributed by atoms with Crippen LogP contribution in [-0.2, 0) is 11.3 Å². The van der Waals surface area contributed by atoms with Crippen LogP contribution in [-0.4, -0.2) is 28.8 Å². The van der Waals surface area contributed by atoms with Crippen LogP contribution < -0.4 is 0 Å². The van der Waals surface area contributed by atoms with E-state index >= 15 is 0 Å². The van der Waals surface area contributed by atoms with Gasteiger partial charge in [-0.15, -0.1) is 0 Å². The first-order valence-corrected chi connectivity index (χ1v) is 5.46. The second-order valence-electron chi connectivity index (χ2n) is 4.29. The third-order valence-corrected chi connectivity index (χ3v) is 3.52. The standard InChI is InChI=1S/C11H14N2O2/c1-2-13-9(3-4-12-13)11(14)10-7-5-15-6-8(7)10/h3-4,7-8,10H,2,5-6H2,1H3. The fourth-order valence-corrected chi connectivity index (χ4v) is 2.59. The van der Waals surface area contributed by atoms with Gasteiger partial charge in [0.2, 0.25) is 0 Å². The zero-order valence-corrected chi connectivity index (χ0v) is 8.72.